The van der Waals surface area contributed by atoms with Crippen LogP contribution in [0, 0.1) is 0 Å². The van der Waals surface area contributed by atoms with E-state index in [0.29, 0.717) is 12.1 Å². The molecule has 0 aromatic heterocycles. The topological polar surface area (TPSA) is 50.4 Å². The van der Waals surface area contributed by atoms with Gasteiger partial charge in [0.2, 0.25) is 5.91 Å². The van der Waals surface area contributed by atoms with Gasteiger partial charge in [-0.3, -0.25) is 4.79 Å². The quantitative estimate of drug-likeness (QED) is 0.746. The number of carbonyl (C=O) groups excluding carboxylic acids is 1. The summed E-state index contributed by atoms with van der Waals surface area (Å²) in [4.78, 5) is 11.9. The van der Waals surface area contributed by atoms with E-state index in [2.05, 4.69) is 10.6 Å². The van der Waals surface area contributed by atoms with Crippen LogP contribution >= 0.6 is 0 Å². The summed E-state index contributed by atoms with van der Waals surface area (Å²) in [7, 11) is 0. The molecule has 1 unspecified atom stereocenters. The highest BCUT2D eigenvalue weighted by molar-refractivity contribution is 5.82. The minimum atomic E-state index is 0.0416. The molecule has 0 aromatic rings. The lowest BCUT2D eigenvalue weighted by molar-refractivity contribution is -0.126. The lowest BCUT2D eigenvalue weighted by Gasteiger charge is -2.36. The highest BCUT2D eigenvalue weighted by Crippen LogP contribution is 2.23. The average molecular weight is 226 g/mol. The van der Waals surface area contributed by atoms with Gasteiger partial charge in [0.25, 0.3) is 0 Å². The monoisotopic (exact) mass is 226 g/mol. The summed E-state index contributed by atoms with van der Waals surface area (Å²) in [5, 5.41) is 6.36. The summed E-state index contributed by atoms with van der Waals surface area (Å²) in [6.45, 7) is 3.76. The van der Waals surface area contributed by atoms with Gasteiger partial charge in [0.15, 0.2) is 0 Å². The normalized spacial score (nSPS) is 34.2. The SMILES string of the molecule is CCOC1CC(NC(=O)C2CCCCN2)C1. The Morgan fingerprint density at radius 3 is 2.88 bits per heavy atom. The van der Waals surface area contributed by atoms with E-state index < -0.39 is 0 Å². The van der Waals surface area contributed by atoms with Crippen molar-refractivity contribution in [1.29, 1.82) is 0 Å². The van der Waals surface area contributed by atoms with E-state index >= 15 is 0 Å². The first-order valence-electron chi connectivity index (χ1n) is 6.45. The lowest BCUT2D eigenvalue weighted by atomic mass is 9.88. The minimum absolute atomic E-state index is 0.0416. The van der Waals surface area contributed by atoms with Gasteiger partial charge in [0.05, 0.1) is 12.1 Å². The third kappa shape index (κ3) is 2.95. The number of carbonyl (C=O) groups is 1. The Labute approximate surface area is 97.1 Å². The van der Waals surface area contributed by atoms with E-state index in [-0.39, 0.29) is 11.9 Å². The molecule has 0 bridgehead atoms. The molecule has 1 saturated carbocycles. The maximum absolute atomic E-state index is 11.9. The summed E-state index contributed by atoms with van der Waals surface area (Å²) in [6.07, 6.45) is 5.66. The minimum Gasteiger partial charge on any atom is -0.378 e. The Hall–Kier alpha value is -0.610. The summed E-state index contributed by atoms with van der Waals surface area (Å²) in [5.41, 5.74) is 0. The zero-order valence-electron chi connectivity index (χ0n) is 10.00. The van der Waals surface area contributed by atoms with Gasteiger partial charge < -0.3 is 15.4 Å². The molecule has 1 amide bonds. The van der Waals surface area contributed by atoms with Gasteiger partial charge in [-0.25, -0.2) is 0 Å². The molecule has 2 aliphatic rings. The van der Waals surface area contributed by atoms with Crippen molar-refractivity contribution in [3.8, 4) is 0 Å². The maximum Gasteiger partial charge on any atom is 0.237 e. The molecule has 0 radical (unpaired) electrons. The number of ether oxygens (including phenoxy) is 1. The fourth-order valence-electron chi connectivity index (χ4n) is 2.43. The van der Waals surface area contributed by atoms with Crippen LogP contribution in [0.25, 0.3) is 0 Å². The first-order valence-corrected chi connectivity index (χ1v) is 6.45. The zero-order chi connectivity index (χ0) is 11.4. The third-order valence-corrected chi connectivity index (χ3v) is 3.47. The van der Waals surface area contributed by atoms with E-state index in [0.717, 1.165) is 38.8 Å². The van der Waals surface area contributed by atoms with Gasteiger partial charge in [-0.2, -0.15) is 0 Å². The molecule has 1 atom stereocenters. The fraction of sp³-hybridized carbons (Fsp3) is 0.917. The standard InChI is InChI=1S/C12H22N2O2/c1-2-16-10-7-9(8-10)14-12(15)11-5-3-4-6-13-11/h9-11,13H,2-8H2,1H3,(H,14,15). The van der Waals surface area contributed by atoms with Crippen LogP contribution in [0.15, 0.2) is 0 Å². The Bertz CT molecular complexity index is 233. The van der Waals surface area contributed by atoms with Gasteiger partial charge in [-0.1, -0.05) is 6.42 Å². The molecule has 1 aliphatic heterocycles. The summed E-state index contributed by atoms with van der Waals surface area (Å²) in [6, 6.07) is 0.382. The Morgan fingerprint density at radius 1 is 1.44 bits per heavy atom. The predicted octanol–water partition coefficient (Wildman–Crippen LogP) is 0.812. The molecule has 4 nitrogen and oxygen atoms in total. The van der Waals surface area contributed by atoms with Crippen molar-refractivity contribution in [1.82, 2.24) is 10.6 Å². The van der Waals surface area contributed by atoms with Crippen molar-refractivity contribution in [2.75, 3.05) is 13.2 Å². The Balaban J connectivity index is 1.64. The molecular formula is C12H22N2O2. The van der Waals surface area contributed by atoms with Crippen molar-refractivity contribution < 1.29 is 9.53 Å². The Kier molecular flexibility index (Phi) is 4.18. The highest BCUT2D eigenvalue weighted by atomic mass is 16.5. The first kappa shape index (κ1) is 11.9. The number of piperidine rings is 1. The number of rotatable bonds is 4. The van der Waals surface area contributed by atoms with Crippen LogP contribution < -0.4 is 10.6 Å². The van der Waals surface area contributed by atoms with E-state index in [4.69, 9.17) is 4.74 Å². The third-order valence-electron chi connectivity index (χ3n) is 3.47. The molecule has 2 fully saturated rings. The Morgan fingerprint density at radius 2 is 2.25 bits per heavy atom. The highest BCUT2D eigenvalue weighted by Gasteiger charge is 2.32. The molecule has 1 saturated heterocycles. The fourth-order valence-corrected chi connectivity index (χ4v) is 2.43. The first-order chi connectivity index (χ1) is 7.79. The molecule has 1 aliphatic carbocycles. The zero-order valence-corrected chi connectivity index (χ0v) is 10.00. The van der Waals surface area contributed by atoms with Crippen LogP contribution in [0.3, 0.4) is 0 Å². The van der Waals surface area contributed by atoms with Crippen LogP contribution in [0.1, 0.15) is 39.0 Å². The molecule has 0 spiro atoms. The van der Waals surface area contributed by atoms with E-state index in [9.17, 15) is 4.79 Å². The number of hydrogen-bond donors (Lipinski definition) is 2. The second-order valence-electron chi connectivity index (χ2n) is 4.76. The van der Waals surface area contributed by atoms with Crippen LogP contribution in [0.2, 0.25) is 0 Å². The molecule has 92 valence electrons. The molecule has 1 heterocycles. The maximum atomic E-state index is 11.9. The molecule has 0 aromatic carbocycles. The molecular weight excluding hydrogens is 204 g/mol. The lowest BCUT2D eigenvalue weighted by Crippen LogP contribution is -2.54. The van der Waals surface area contributed by atoms with Crippen molar-refractivity contribution in [3.63, 3.8) is 0 Å². The van der Waals surface area contributed by atoms with Gasteiger partial charge in [-0.05, 0) is 39.2 Å². The van der Waals surface area contributed by atoms with Crippen LogP contribution in [0.4, 0.5) is 0 Å². The van der Waals surface area contributed by atoms with Crippen molar-refractivity contribution in [2.45, 2.75) is 57.2 Å². The van der Waals surface area contributed by atoms with E-state index in [1.165, 1.54) is 6.42 Å². The largest absolute Gasteiger partial charge is 0.378 e. The second-order valence-corrected chi connectivity index (χ2v) is 4.76. The number of hydrogen-bond acceptors (Lipinski definition) is 3. The van der Waals surface area contributed by atoms with Crippen LogP contribution in [-0.4, -0.2) is 37.2 Å². The van der Waals surface area contributed by atoms with E-state index in [1.807, 2.05) is 6.92 Å². The smallest absolute Gasteiger partial charge is 0.237 e. The van der Waals surface area contributed by atoms with E-state index in [1.54, 1.807) is 0 Å². The summed E-state index contributed by atoms with van der Waals surface area (Å²) < 4.78 is 5.47. The summed E-state index contributed by atoms with van der Waals surface area (Å²) in [5.74, 6) is 0.180. The van der Waals surface area contributed by atoms with Crippen molar-refractivity contribution in [2.24, 2.45) is 0 Å². The second kappa shape index (κ2) is 5.64. The number of amides is 1. The van der Waals surface area contributed by atoms with Gasteiger partial charge in [0.1, 0.15) is 0 Å². The molecule has 2 N–H and O–H groups in total. The van der Waals surface area contributed by atoms with Crippen molar-refractivity contribution >= 4 is 5.91 Å². The predicted molar refractivity (Wildman–Crippen MR) is 62.2 cm³/mol. The van der Waals surface area contributed by atoms with Gasteiger partial charge in [0, 0.05) is 12.6 Å². The average Bonchev–Trinajstić information content (AvgIpc) is 2.27. The van der Waals surface area contributed by atoms with Crippen LogP contribution in [0.5, 0.6) is 0 Å². The molecule has 16 heavy (non-hydrogen) atoms. The van der Waals surface area contributed by atoms with Gasteiger partial charge in [-0.15, -0.1) is 0 Å². The van der Waals surface area contributed by atoms with Gasteiger partial charge >= 0.3 is 0 Å². The molecule has 2 rings (SSSR count). The van der Waals surface area contributed by atoms with Crippen molar-refractivity contribution in [3.05, 3.63) is 0 Å². The molecule has 4 heteroatoms. The number of nitrogens with one attached hydrogen (secondary N) is 2. The summed E-state index contributed by atoms with van der Waals surface area (Å²) >= 11 is 0. The van der Waals surface area contributed by atoms with Crippen LogP contribution in [-0.2, 0) is 9.53 Å².